The molecule has 0 saturated carbocycles. The molecule has 1 spiro atoms. The third-order valence-corrected chi connectivity index (χ3v) is 5.82. The molecule has 8 heteroatoms. The van der Waals surface area contributed by atoms with Gasteiger partial charge in [-0.1, -0.05) is 36.4 Å². The van der Waals surface area contributed by atoms with Crippen LogP contribution >= 0.6 is 0 Å². The third-order valence-electron chi connectivity index (χ3n) is 5.82. The first-order valence-corrected chi connectivity index (χ1v) is 9.94. The molecule has 0 unspecified atom stereocenters. The minimum atomic E-state index is -1.06. The number of para-hydroxylation sites is 2. The highest BCUT2D eigenvalue weighted by Crippen LogP contribution is 2.41. The van der Waals surface area contributed by atoms with E-state index < -0.39 is 17.5 Å². The average Bonchev–Trinajstić information content (AvgIpc) is 3.25. The molecule has 0 aromatic heterocycles. The molecule has 1 aliphatic carbocycles. The van der Waals surface area contributed by atoms with Gasteiger partial charge in [-0.3, -0.25) is 14.5 Å². The number of aryl methyl sites for hydroxylation is 1. The predicted molar refractivity (Wildman–Crippen MR) is 106 cm³/mol. The van der Waals surface area contributed by atoms with E-state index in [9.17, 15) is 14.4 Å². The van der Waals surface area contributed by atoms with Gasteiger partial charge in [-0.05, 0) is 36.1 Å². The number of carbonyl (C=O) groups is 3. The van der Waals surface area contributed by atoms with Gasteiger partial charge in [0.2, 0.25) is 5.91 Å². The fourth-order valence-electron chi connectivity index (χ4n) is 4.32. The molecule has 2 aromatic carbocycles. The number of amides is 4. The lowest BCUT2D eigenvalue weighted by Gasteiger charge is -2.26. The SMILES string of the molecule is O=C(CN1C(=O)N[C@@]2(CCc3ccccc32)C1=O)NC[C@H]1COc2ccccc2O1. The van der Waals surface area contributed by atoms with Crippen LogP contribution in [0.2, 0.25) is 0 Å². The smallest absolute Gasteiger partial charge is 0.325 e. The normalized spacial score (nSPS) is 24.0. The Morgan fingerprint density at radius 2 is 1.90 bits per heavy atom. The summed E-state index contributed by atoms with van der Waals surface area (Å²) in [6.45, 7) is 0.184. The van der Waals surface area contributed by atoms with Crippen LogP contribution in [0.5, 0.6) is 11.5 Å². The molecule has 2 N–H and O–H groups in total. The summed E-state index contributed by atoms with van der Waals surface area (Å²) in [6.07, 6.45) is 0.866. The molecule has 30 heavy (non-hydrogen) atoms. The number of fused-ring (bicyclic) bond motifs is 3. The summed E-state index contributed by atoms with van der Waals surface area (Å²) in [7, 11) is 0. The molecule has 2 aliphatic heterocycles. The number of rotatable bonds is 4. The quantitative estimate of drug-likeness (QED) is 0.746. The van der Waals surface area contributed by atoms with Crippen LogP contribution in [0.1, 0.15) is 17.5 Å². The molecular weight excluding hydrogens is 386 g/mol. The van der Waals surface area contributed by atoms with Gasteiger partial charge < -0.3 is 20.1 Å². The number of hydrogen-bond donors (Lipinski definition) is 2. The molecule has 5 rings (SSSR count). The van der Waals surface area contributed by atoms with Crippen molar-refractivity contribution in [1.29, 1.82) is 0 Å². The molecule has 4 amide bonds. The van der Waals surface area contributed by atoms with Crippen LogP contribution in [-0.4, -0.2) is 48.5 Å². The Hall–Kier alpha value is -3.55. The number of hydrogen-bond acceptors (Lipinski definition) is 5. The summed E-state index contributed by atoms with van der Waals surface area (Å²) < 4.78 is 11.4. The van der Waals surface area contributed by atoms with Crippen LogP contribution in [0.25, 0.3) is 0 Å². The highest BCUT2D eigenvalue weighted by atomic mass is 16.6. The summed E-state index contributed by atoms with van der Waals surface area (Å²) in [4.78, 5) is 39.0. The highest BCUT2D eigenvalue weighted by Gasteiger charge is 2.55. The van der Waals surface area contributed by atoms with Crippen molar-refractivity contribution >= 4 is 17.8 Å². The van der Waals surface area contributed by atoms with Crippen molar-refractivity contribution in [2.75, 3.05) is 19.7 Å². The lowest BCUT2D eigenvalue weighted by atomic mass is 9.92. The monoisotopic (exact) mass is 407 g/mol. The van der Waals surface area contributed by atoms with Gasteiger partial charge in [-0.2, -0.15) is 0 Å². The summed E-state index contributed by atoms with van der Waals surface area (Å²) >= 11 is 0. The van der Waals surface area contributed by atoms with Crippen molar-refractivity contribution in [3.05, 3.63) is 59.7 Å². The van der Waals surface area contributed by atoms with Gasteiger partial charge >= 0.3 is 6.03 Å². The molecule has 1 saturated heterocycles. The summed E-state index contributed by atoms with van der Waals surface area (Å²) in [6, 6.07) is 14.4. The van der Waals surface area contributed by atoms with E-state index in [1.807, 2.05) is 42.5 Å². The summed E-state index contributed by atoms with van der Waals surface area (Å²) in [5, 5.41) is 5.55. The zero-order valence-electron chi connectivity index (χ0n) is 16.2. The Labute approximate surface area is 173 Å². The molecule has 2 aromatic rings. The second-order valence-electron chi connectivity index (χ2n) is 7.69. The van der Waals surface area contributed by atoms with Crippen molar-refractivity contribution in [3.63, 3.8) is 0 Å². The third kappa shape index (κ3) is 2.96. The topological polar surface area (TPSA) is 97.0 Å². The van der Waals surface area contributed by atoms with Gasteiger partial charge in [-0.15, -0.1) is 0 Å². The molecule has 3 aliphatic rings. The van der Waals surface area contributed by atoms with Crippen LogP contribution in [0, 0.1) is 0 Å². The van der Waals surface area contributed by atoms with Gasteiger partial charge in [-0.25, -0.2) is 4.79 Å². The van der Waals surface area contributed by atoms with E-state index in [2.05, 4.69) is 10.6 Å². The van der Waals surface area contributed by atoms with E-state index in [1.54, 1.807) is 6.07 Å². The standard InChI is InChI=1S/C22H21N3O5/c26-19(23-11-15-13-29-17-7-3-4-8-18(17)30-15)12-25-20(27)22(24-21(25)28)10-9-14-5-1-2-6-16(14)22/h1-8,15H,9-13H2,(H,23,26)(H,24,28)/t15-,22+/m0/s1. The Bertz CT molecular complexity index is 1040. The van der Waals surface area contributed by atoms with E-state index >= 15 is 0 Å². The average molecular weight is 407 g/mol. The van der Waals surface area contributed by atoms with Crippen molar-refractivity contribution < 1.29 is 23.9 Å². The zero-order chi connectivity index (χ0) is 20.7. The number of ether oxygens (including phenoxy) is 2. The van der Waals surface area contributed by atoms with Crippen molar-refractivity contribution in [1.82, 2.24) is 15.5 Å². The van der Waals surface area contributed by atoms with Crippen molar-refractivity contribution in [2.24, 2.45) is 0 Å². The first-order valence-electron chi connectivity index (χ1n) is 9.94. The molecular formula is C22H21N3O5. The molecule has 0 bridgehead atoms. The molecule has 8 nitrogen and oxygen atoms in total. The van der Waals surface area contributed by atoms with Crippen LogP contribution in [0.4, 0.5) is 4.79 Å². The molecule has 1 fully saturated rings. The lowest BCUT2D eigenvalue weighted by molar-refractivity contribution is -0.135. The van der Waals surface area contributed by atoms with Crippen LogP contribution in [-0.2, 0) is 21.5 Å². The lowest BCUT2D eigenvalue weighted by Crippen LogP contribution is -2.46. The predicted octanol–water partition coefficient (Wildman–Crippen LogP) is 1.34. The molecule has 2 heterocycles. The fourth-order valence-corrected chi connectivity index (χ4v) is 4.32. The minimum Gasteiger partial charge on any atom is -0.486 e. The zero-order valence-corrected chi connectivity index (χ0v) is 16.2. The van der Waals surface area contributed by atoms with E-state index in [1.165, 1.54) is 0 Å². The number of imide groups is 1. The second kappa shape index (κ2) is 7.05. The van der Waals surface area contributed by atoms with E-state index in [4.69, 9.17) is 9.47 Å². The van der Waals surface area contributed by atoms with Gasteiger partial charge in [0, 0.05) is 0 Å². The van der Waals surface area contributed by atoms with Crippen LogP contribution in [0.3, 0.4) is 0 Å². The Morgan fingerprint density at radius 3 is 2.77 bits per heavy atom. The maximum absolute atomic E-state index is 13.1. The fraction of sp³-hybridized carbons (Fsp3) is 0.318. The Kier molecular flexibility index (Phi) is 4.34. The number of urea groups is 1. The van der Waals surface area contributed by atoms with Crippen molar-refractivity contribution in [2.45, 2.75) is 24.5 Å². The van der Waals surface area contributed by atoms with Gasteiger partial charge in [0.25, 0.3) is 5.91 Å². The summed E-state index contributed by atoms with van der Waals surface area (Å²) in [5.41, 5.74) is 0.808. The largest absolute Gasteiger partial charge is 0.486 e. The first-order chi connectivity index (χ1) is 14.6. The number of carbonyl (C=O) groups excluding carboxylic acids is 3. The van der Waals surface area contributed by atoms with E-state index in [-0.39, 0.29) is 25.1 Å². The molecule has 154 valence electrons. The minimum absolute atomic E-state index is 0.213. The first kappa shape index (κ1) is 18.5. The van der Waals surface area contributed by atoms with E-state index in [0.717, 1.165) is 16.0 Å². The summed E-state index contributed by atoms with van der Waals surface area (Å²) in [5.74, 6) is 0.489. The Balaban J connectivity index is 1.21. The molecule has 0 radical (unpaired) electrons. The second-order valence-corrected chi connectivity index (χ2v) is 7.69. The maximum Gasteiger partial charge on any atom is 0.325 e. The van der Waals surface area contributed by atoms with Gasteiger partial charge in [0.15, 0.2) is 11.5 Å². The van der Waals surface area contributed by atoms with Crippen molar-refractivity contribution in [3.8, 4) is 11.5 Å². The number of nitrogens with zero attached hydrogens (tertiary/aromatic N) is 1. The van der Waals surface area contributed by atoms with Gasteiger partial charge in [0.05, 0.1) is 6.54 Å². The molecule has 2 atom stereocenters. The van der Waals surface area contributed by atoms with Gasteiger partial charge in [0.1, 0.15) is 24.8 Å². The number of benzene rings is 2. The van der Waals surface area contributed by atoms with Crippen LogP contribution < -0.4 is 20.1 Å². The Morgan fingerprint density at radius 1 is 1.13 bits per heavy atom. The number of nitrogens with one attached hydrogen (secondary N) is 2. The maximum atomic E-state index is 13.1. The van der Waals surface area contributed by atoms with E-state index in [0.29, 0.717) is 30.9 Å². The van der Waals surface area contributed by atoms with Crippen LogP contribution in [0.15, 0.2) is 48.5 Å². The highest BCUT2D eigenvalue weighted by molar-refractivity contribution is 6.09.